The summed E-state index contributed by atoms with van der Waals surface area (Å²) in [5.41, 5.74) is 2.52. The lowest BCUT2D eigenvalue weighted by molar-refractivity contribution is 0.125. The standard InChI is InChI=1S/C20H27N3O/c1-17(19-11-7-4-8-12-19)15-23-20(21-2)22-13-14-24-16-18-9-5-3-6-10-18/h3-12,17H,13-16H2,1-2H3,(H2,21,22,23). The van der Waals surface area contributed by atoms with Crippen LogP contribution in [-0.4, -0.2) is 32.7 Å². The van der Waals surface area contributed by atoms with E-state index in [9.17, 15) is 0 Å². The Hall–Kier alpha value is -2.33. The van der Waals surface area contributed by atoms with Crippen LogP contribution in [-0.2, 0) is 11.3 Å². The highest BCUT2D eigenvalue weighted by atomic mass is 16.5. The van der Waals surface area contributed by atoms with E-state index in [1.54, 1.807) is 7.05 Å². The first-order chi connectivity index (χ1) is 11.8. The van der Waals surface area contributed by atoms with E-state index in [0.717, 1.165) is 19.0 Å². The van der Waals surface area contributed by atoms with Crippen molar-refractivity contribution >= 4 is 5.96 Å². The van der Waals surface area contributed by atoms with Crippen LogP contribution in [0.1, 0.15) is 24.0 Å². The summed E-state index contributed by atoms with van der Waals surface area (Å²) in [5, 5.41) is 6.64. The Balaban J connectivity index is 1.62. The molecule has 4 heteroatoms. The van der Waals surface area contributed by atoms with Gasteiger partial charge in [-0.15, -0.1) is 0 Å². The highest BCUT2D eigenvalue weighted by Crippen LogP contribution is 2.12. The van der Waals surface area contributed by atoms with Gasteiger partial charge in [-0.3, -0.25) is 4.99 Å². The highest BCUT2D eigenvalue weighted by Gasteiger charge is 2.05. The average molecular weight is 325 g/mol. The topological polar surface area (TPSA) is 45.7 Å². The second kappa shape index (κ2) is 10.4. The van der Waals surface area contributed by atoms with Gasteiger partial charge < -0.3 is 15.4 Å². The molecule has 2 aromatic carbocycles. The fourth-order valence-corrected chi connectivity index (χ4v) is 2.38. The number of nitrogens with one attached hydrogen (secondary N) is 2. The smallest absolute Gasteiger partial charge is 0.191 e. The quantitative estimate of drug-likeness (QED) is 0.445. The zero-order valence-electron chi connectivity index (χ0n) is 14.5. The van der Waals surface area contributed by atoms with Gasteiger partial charge in [0.05, 0.1) is 13.2 Å². The number of ether oxygens (including phenoxy) is 1. The van der Waals surface area contributed by atoms with Crippen molar-refractivity contribution in [1.29, 1.82) is 0 Å². The van der Waals surface area contributed by atoms with E-state index in [0.29, 0.717) is 19.1 Å². The second-order valence-electron chi connectivity index (χ2n) is 5.73. The molecule has 0 radical (unpaired) electrons. The maximum absolute atomic E-state index is 5.66. The molecule has 2 N–H and O–H groups in total. The summed E-state index contributed by atoms with van der Waals surface area (Å²) in [5.74, 6) is 1.24. The Labute approximate surface area is 145 Å². The number of hydrogen-bond acceptors (Lipinski definition) is 2. The first kappa shape index (κ1) is 18.0. The van der Waals surface area contributed by atoms with E-state index in [2.05, 4.69) is 58.9 Å². The van der Waals surface area contributed by atoms with E-state index in [4.69, 9.17) is 4.74 Å². The Morgan fingerprint density at radius 3 is 2.33 bits per heavy atom. The fraction of sp³-hybridized carbons (Fsp3) is 0.350. The molecule has 0 aromatic heterocycles. The number of nitrogens with zero attached hydrogens (tertiary/aromatic N) is 1. The summed E-state index contributed by atoms with van der Waals surface area (Å²) in [6.07, 6.45) is 0. The summed E-state index contributed by atoms with van der Waals surface area (Å²) in [6, 6.07) is 20.7. The van der Waals surface area contributed by atoms with Gasteiger partial charge >= 0.3 is 0 Å². The average Bonchev–Trinajstić information content (AvgIpc) is 2.65. The van der Waals surface area contributed by atoms with Crippen molar-refractivity contribution < 1.29 is 4.74 Å². The van der Waals surface area contributed by atoms with Crippen LogP contribution in [0.4, 0.5) is 0 Å². The molecule has 2 rings (SSSR count). The monoisotopic (exact) mass is 325 g/mol. The summed E-state index contributed by atoms with van der Waals surface area (Å²) in [6.45, 7) is 5.06. The molecule has 0 bridgehead atoms. The molecule has 0 aliphatic carbocycles. The Morgan fingerprint density at radius 1 is 1.00 bits per heavy atom. The van der Waals surface area contributed by atoms with Crippen LogP contribution in [0.2, 0.25) is 0 Å². The molecule has 1 unspecified atom stereocenters. The molecule has 0 spiro atoms. The van der Waals surface area contributed by atoms with Gasteiger partial charge in [0.25, 0.3) is 0 Å². The van der Waals surface area contributed by atoms with Gasteiger partial charge in [0.1, 0.15) is 0 Å². The van der Waals surface area contributed by atoms with E-state index < -0.39 is 0 Å². The predicted molar refractivity (Wildman–Crippen MR) is 100 cm³/mol. The van der Waals surface area contributed by atoms with Gasteiger partial charge in [0.2, 0.25) is 0 Å². The first-order valence-electron chi connectivity index (χ1n) is 8.40. The van der Waals surface area contributed by atoms with Crippen molar-refractivity contribution in [3.05, 3.63) is 71.8 Å². The first-order valence-corrected chi connectivity index (χ1v) is 8.40. The molecule has 0 heterocycles. The van der Waals surface area contributed by atoms with Crippen LogP contribution in [0.3, 0.4) is 0 Å². The lowest BCUT2D eigenvalue weighted by atomic mass is 10.0. The zero-order chi connectivity index (χ0) is 17.0. The predicted octanol–water partition coefficient (Wildman–Crippen LogP) is 3.17. The van der Waals surface area contributed by atoms with E-state index in [-0.39, 0.29) is 0 Å². The Morgan fingerprint density at radius 2 is 1.67 bits per heavy atom. The summed E-state index contributed by atoms with van der Waals surface area (Å²) < 4.78 is 5.66. The lowest BCUT2D eigenvalue weighted by Gasteiger charge is -2.16. The molecule has 128 valence electrons. The maximum Gasteiger partial charge on any atom is 0.191 e. The van der Waals surface area contributed by atoms with Crippen LogP contribution >= 0.6 is 0 Å². The Kier molecular flexibility index (Phi) is 7.84. The molecule has 2 aromatic rings. The molecule has 1 atom stereocenters. The van der Waals surface area contributed by atoms with Crippen molar-refractivity contribution in [2.24, 2.45) is 4.99 Å². The van der Waals surface area contributed by atoms with Crippen LogP contribution < -0.4 is 10.6 Å². The number of hydrogen-bond donors (Lipinski definition) is 2. The SMILES string of the molecule is CN=C(NCCOCc1ccccc1)NCC(C)c1ccccc1. The van der Waals surface area contributed by atoms with Crippen LogP contribution in [0.15, 0.2) is 65.7 Å². The number of benzene rings is 2. The molecule has 0 saturated heterocycles. The second-order valence-corrected chi connectivity index (χ2v) is 5.73. The third-order valence-electron chi connectivity index (χ3n) is 3.82. The van der Waals surface area contributed by atoms with E-state index in [1.165, 1.54) is 11.1 Å². The molecule has 24 heavy (non-hydrogen) atoms. The van der Waals surface area contributed by atoms with Crippen molar-refractivity contribution in [2.45, 2.75) is 19.4 Å². The molecule has 0 saturated carbocycles. The van der Waals surface area contributed by atoms with Gasteiger partial charge in [0, 0.05) is 20.1 Å². The third kappa shape index (κ3) is 6.42. The number of guanidine groups is 1. The van der Waals surface area contributed by atoms with Crippen molar-refractivity contribution in [3.63, 3.8) is 0 Å². The normalized spacial score (nSPS) is 12.7. The van der Waals surface area contributed by atoms with Gasteiger partial charge in [0.15, 0.2) is 5.96 Å². The largest absolute Gasteiger partial charge is 0.375 e. The minimum absolute atomic E-state index is 0.430. The Bertz CT molecular complexity index is 599. The summed E-state index contributed by atoms with van der Waals surface area (Å²) in [4.78, 5) is 4.25. The van der Waals surface area contributed by atoms with Gasteiger partial charge in [-0.1, -0.05) is 67.6 Å². The van der Waals surface area contributed by atoms with Gasteiger partial charge in [-0.25, -0.2) is 0 Å². The minimum Gasteiger partial charge on any atom is -0.375 e. The maximum atomic E-state index is 5.66. The minimum atomic E-state index is 0.430. The molecule has 4 nitrogen and oxygen atoms in total. The summed E-state index contributed by atoms with van der Waals surface area (Å²) >= 11 is 0. The highest BCUT2D eigenvalue weighted by molar-refractivity contribution is 5.79. The lowest BCUT2D eigenvalue weighted by Crippen LogP contribution is -2.40. The molecular formula is C20H27N3O. The molecule has 0 aliphatic heterocycles. The number of rotatable bonds is 8. The number of aliphatic imine (C=N–C) groups is 1. The summed E-state index contributed by atoms with van der Waals surface area (Å²) in [7, 11) is 1.79. The van der Waals surface area contributed by atoms with Gasteiger partial charge in [-0.2, -0.15) is 0 Å². The van der Waals surface area contributed by atoms with Crippen LogP contribution in [0.25, 0.3) is 0 Å². The molecule has 0 amide bonds. The zero-order valence-corrected chi connectivity index (χ0v) is 14.5. The van der Waals surface area contributed by atoms with E-state index in [1.807, 2.05) is 24.3 Å². The van der Waals surface area contributed by atoms with Crippen LogP contribution in [0.5, 0.6) is 0 Å². The molecule has 0 fully saturated rings. The van der Waals surface area contributed by atoms with Crippen molar-refractivity contribution in [1.82, 2.24) is 10.6 Å². The van der Waals surface area contributed by atoms with Crippen molar-refractivity contribution in [2.75, 3.05) is 26.7 Å². The van der Waals surface area contributed by atoms with E-state index >= 15 is 0 Å². The van der Waals surface area contributed by atoms with Crippen LogP contribution in [0, 0.1) is 0 Å². The van der Waals surface area contributed by atoms with Gasteiger partial charge in [-0.05, 0) is 17.0 Å². The molecular weight excluding hydrogens is 298 g/mol. The third-order valence-corrected chi connectivity index (χ3v) is 3.82. The molecule has 0 aliphatic rings. The fourth-order valence-electron chi connectivity index (χ4n) is 2.38. The van der Waals surface area contributed by atoms with Crippen molar-refractivity contribution in [3.8, 4) is 0 Å².